The summed E-state index contributed by atoms with van der Waals surface area (Å²) in [6.45, 7) is 1.24. The van der Waals surface area contributed by atoms with Crippen LogP contribution in [-0.2, 0) is 6.54 Å². The van der Waals surface area contributed by atoms with Crippen LogP contribution in [0.25, 0.3) is 0 Å². The van der Waals surface area contributed by atoms with E-state index in [4.69, 9.17) is 5.11 Å². The molecule has 1 aliphatic rings. The number of ketones is 1. The summed E-state index contributed by atoms with van der Waals surface area (Å²) >= 11 is 0. The first-order valence-corrected chi connectivity index (χ1v) is 6.42. The van der Waals surface area contributed by atoms with Crippen LogP contribution in [0.3, 0.4) is 0 Å². The number of carbonyl (C=O) groups excluding carboxylic acids is 1. The zero-order chi connectivity index (χ0) is 14.1. The van der Waals surface area contributed by atoms with E-state index in [-0.39, 0.29) is 17.3 Å². The molecule has 0 saturated heterocycles. The number of carboxylic acids is 1. The highest BCUT2D eigenvalue weighted by molar-refractivity contribution is 5.98. The molecule has 1 aromatic carbocycles. The number of fused-ring (bicyclic) bond motifs is 1. The van der Waals surface area contributed by atoms with Crippen molar-refractivity contribution in [3.8, 4) is 0 Å². The van der Waals surface area contributed by atoms with Crippen LogP contribution < -0.4 is 5.32 Å². The second-order valence-corrected chi connectivity index (χ2v) is 4.87. The number of hydrogen-bond acceptors (Lipinski definition) is 3. The van der Waals surface area contributed by atoms with Gasteiger partial charge >= 0.3 is 5.97 Å². The zero-order valence-corrected chi connectivity index (χ0v) is 10.7. The average Bonchev–Trinajstić information content (AvgIpc) is 3.01. The highest BCUT2D eigenvalue weighted by Crippen LogP contribution is 2.21. The lowest BCUT2D eigenvalue weighted by Crippen LogP contribution is -2.20. The number of carbonyl (C=O) groups is 2. The second kappa shape index (κ2) is 4.85. The van der Waals surface area contributed by atoms with Crippen molar-refractivity contribution in [2.75, 3.05) is 11.9 Å². The summed E-state index contributed by atoms with van der Waals surface area (Å²) < 4.78 is 1.96. The first-order valence-electron chi connectivity index (χ1n) is 6.42. The van der Waals surface area contributed by atoms with Gasteiger partial charge in [-0.25, -0.2) is 4.79 Å². The van der Waals surface area contributed by atoms with Gasteiger partial charge in [-0.3, -0.25) is 4.79 Å². The molecule has 1 aromatic heterocycles. The number of nitrogens with zero attached hydrogens (tertiary/aromatic N) is 1. The predicted molar refractivity (Wildman–Crippen MR) is 74.1 cm³/mol. The number of hydrogen-bond donors (Lipinski definition) is 2. The van der Waals surface area contributed by atoms with Gasteiger partial charge in [0.2, 0.25) is 0 Å². The van der Waals surface area contributed by atoms with Crippen LogP contribution in [0.1, 0.15) is 20.8 Å². The maximum absolute atomic E-state index is 12.1. The van der Waals surface area contributed by atoms with E-state index < -0.39 is 5.97 Å². The van der Waals surface area contributed by atoms with E-state index >= 15 is 0 Å². The average molecular weight is 270 g/mol. The minimum atomic E-state index is -0.943. The number of benzene rings is 1. The topological polar surface area (TPSA) is 71.3 Å². The van der Waals surface area contributed by atoms with E-state index in [1.165, 1.54) is 0 Å². The molecule has 0 radical (unpaired) electrons. The molecule has 1 atom stereocenters. The van der Waals surface area contributed by atoms with Crippen LogP contribution in [0.2, 0.25) is 0 Å². The summed E-state index contributed by atoms with van der Waals surface area (Å²) in [6, 6.07) is 10.2. The standard InChI is InChI=1S/C15H14N2O3/c18-14-11(9-17-7-1-2-13(14)17)8-16-12-5-3-10(4-6-12)15(19)20/h1-7,11,16H,8-9H2,(H,19,20). The van der Waals surface area contributed by atoms with Gasteiger partial charge in [0.1, 0.15) is 0 Å². The van der Waals surface area contributed by atoms with Gasteiger partial charge in [0, 0.05) is 25.0 Å². The molecule has 2 heterocycles. The van der Waals surface area contributed by atoms with Crippen LogP contribution in [0, 0.1) is 5.92 Å². The van der Waals surface area contributed by atoms with Gasteiger partial charge in [0.05, 0.1) is 17.2 Å². The van der Waals surface area contributed by atoms with E-state index in [1.807, 2.05) is 22.9 Å². The third-order valence-electron chi connectivity index (χ3n) is 3.55. The number of anilines is 1. The molecule has 1 aliphatic heterocycles. The lowest BCUT2D eigenvalue weighted by molar-refractivity contribution is 0.0696. The maximum Gasteiger partial charge on any atom is 0.335 e. The van der Waals surface area contributed by atoms with Crippen LogP contribution in [0.15, 0.2) is 42.6 Å². The largest absolute Gasteiger partial charge is 0.478 e. The minimum absolute atomic E-state index is 0.0645. The predicted octanol–water partition coefficient (Wildman–Crippen LogP) is 2.11. The Bertz CT molecular complexity index is 658. The Labute approximate surface area is 115 Å². The molecule has 102 valence electrons. The Kier molecular flexibility index (Phi) is 3.02. The van der Waals surface area contributed by atoms with Crippen molar-refractivity contribution in [3.05, 3.63) is 53.9 Å². The molecule has 2 aromatic rings. The number of Topliss-reactive ketones (excluding diaryl/α,β-unsaturated/α-hetero) is 1. The van der Waals surface area contributed by atoms with Gasteiger partial charge in [-0.15, -0.1) is 0 Å². The molecule has 0 spiro atoms. The molecular weight excluding hydrogens is 256 g/mol. The summed E-state index contributed by atoms with van der Waals surface area (Å²) in [4.78, 5) is 22.8. The molecule has 5 heteroatoms. The fourth-order valence-corrected chi connectivity index (χ4v) is 2.46. The minimum Gasteiger partial charge on any atom is -0.478 e. The highest BCUT2D eigenvalue weighted by Gasteiger charge is 2.29. The maximum atomic E-state index is 12.1. The van der Waals surface area contributed by atoms with Crippen molar-refractivity contribution in [3.63, 3.8) is 0 Å². The Morgan fingerprint density at radius 3 is 2.70 bits per heavy atom. The fraction of sp³-hybridized carbons (Fsp3) is 0.200. The van der Waals surface area contributed by atoms with E-state index in [9.17, 15) is 9.59 Å². The van der Waals surface area contributed by atoms with Crippen molar-refractivity contribution in [1.29, 1.82) is 0 Å². The molecule has 0 fully saturated rings. The molecule has 1 unspecified atom stereocenters. The molecule has 0 amide bonds. The van der Waals surface area contributed by atoms with Crippen LogP contribution in [0.5, 0.6) is 0 Å². The van der Waals surface area contributed by atoms with Gasteiger partial charge in [-0.2, -0.15) is 0 Å². The van der Waals surface area contributed by atoms with Gasteiger partial charge < -0.3 is 15.0 Å². The Morgan fingerprint density at radius 2 is 2.05 bits per heavy atom. The molecule has 0 bridgehead atoms. The lowest BCUT2D eigenvalue weighted by atomic mass is 10.1. The van der Waals surface area contributed by atoms with E-state index in [1.54, 1.807) is 24.3 Å². The lowest BCUT2D eigenvalue weighted by Gasteiger charge is -2.11. The van der Waals surface area contributed by atoms with Gasteiger partial charge in [-0.1, -0.05) is 0 Å². The summed E-state index contributed by atoms with van der Waals surface area (Å²) in [7, 11) is 0. The van der Waals surface area contributed by atoms with Crippen LogP contribution in [-0.4, -0.2) is 28.0 Å². The fourth-order valence-electron chi connectivity index (χ4n) is 2.46. The Morgan fingerprint density at radius 1 is 1.30 bits per heavy atom. The van der Waals surface area contributed by atoms with E-state index in [0.717, 1.165) is 11.4 Å². The number of rotatable bonds is 4. The summed E-state index contributed by atoms with van der Waals surface area (Å²) in [5.41, 5.74) is 1.83. The van der Waals surface area contributed by atoms with Crippen LogP contribution >= 0.6 is 0 Å². The second-order valence-electron chi connectivity index (χ2n) is 4.87. The number of nitrogens with one attached hydrogen (secondary N) is 1. The smallest absolute Gasteiger partial charge is 0.335 e. The first-order chi connectivity index (χ1) is 9.65. The third kappa shape index (κ3) is 2.18. The van der Waals surface area contributed by atoms with Crippen molar-refractivity contribution in [1.82, 2.24) is 4.57 Å². The SMILES string of the molecule is O=C(O)c1ccc(NCC2Cn3cccc3C2=O)cc1. The van der Waals surface area contributed by atoms with Gasteiger partial charge in [-0.05, 0) is 36.4 Å². The normalized spacial score (nSPS) is 17.0. The molecule has 0 aliphatic carbocycles. The molecule has 3 rings (SSSR count). The first kappa shape index (κ1) is 12.5. The van der Waals surface area contributed by atoms with Gasteiger partial charge in [0.25, 0.3) is 0 Å². The number of aromatic carboxylic acids is 1. The molecule has 5 nitrogen and oxygen atoms in total. The van der Waals surface area contributed by atoms with Crippen LogP contribution in [0.4, 0.5) is 5.69 Å². The van der Waals surface area contributed by atoms with Crippen molar-refractivity contribution in [2.24, 2.45) is 5.92 Å². The Balaban J connectivity index is 1.62. The summed E-state index contributed by atoms with van der Waals surface area (Å²) in [5, 5.41) is 12.0. The van der Waals surface area contributed by atoms with Gasteiger partial charge in [0.15, 0.2) is 5.78 Å². The van der Waals surface area contributed by atoms with Crippen molar-refractivity contribution in [2.45, 2.75) is 6.54 Å². The monoisotopic (exact) mass is 270 g/mol. The van der Waals surface area contributed by atoms with Crippen molar-refractivity contribution >= 4 is 17.4 Å². The summed E-state index contributed by atoms with van der Waals surface area (Å²) in [6.07, 6.45) is 1.91. The highest BCUT2D eigenvalue weighted by atomic mass is 16.4. The Hall–Kier alpha value is -2.56. The zero-order valence-electron chi connectivity index (χ0n) is 10.7. The van der Waals surface area contributed by atoms with Crippen molar-refractivity contribution < 1.29 is 14.7 Å². The molecule has 0 saturated carbocycles. The quantitative estimate of drug-likeness (QED) is 0.892. The number of carboxylic acid groups (broad SMARTS) is 1. The molecule has 2 N–H and O–H groups in total. The summed E-state index contributed by atoms with van der Waals surface area (Å²) in [5.74, 6) is -0.850. The number of aromatic nitrogens is 1. The molecular formula is C15H14N2O3. The van der Waals surface area contributed by atoms with E-state index in [0.29, 0.717) is 13.1 Å². The third-order valence-corrected chi connectivity index (χ3v) is 3.55. The van der Waals surface area contributed by atoms with E-state index in [2.05, 4.69) is 5.32 Å². The molecule has 20 heavy (non-hydrogen) atoms.